The van der Waals surface area contributed by atoms with Crippen LogP contribution in [-0.4, -0.2) is 47.1 Å². The van der Waals surface area contributed by atoms with Gasteiger partial charge in [-0.1, -0.05) is 20.8 Å². The third kappa shape index (κ3) is 4.65. The Balaban J connectivity index is 0.000000250. The van der Waals surface area contributed by atoms with Gasteiger partial charge in [-0.3, -0.25) is 4.79 Å². The van der Waals surface area contributed by atoms with E-state index in [0.717, 1.165) is 25.9 Å². The van der Waals surface area contributed by atoms with Gasteiger partial charge in [0.25, 0.3) is 0 Å². The molecule has 6 unspecified atom stereocenters. The quantitative estimate of drug-likeness (QED) is 0.715. The minimum Gasteiger partial charge on any atom is -0.481 e. The molecule has 4 heterocycles. The molecule has 0 aromatic carbocycles. The Morgan fingerprint density at radius 2 is 1.89 bits per heavy atom. The van der Waals surface area contributed by atoms with Crippen molar-refractivity contribution in [2.75, 3.05) is 13.2 Å². The van der Waals surface area contributed by atoms with Gasteiger partial charge in [-0.15, -0.1) is 0 Å². The Morgan fingerprint density at radius 3 is 2.52 bits per heavy atom. The van der Waals surface area contributed by atoms with Crippen LogP contribution >= 0.6 is 0 Å². The maximum atomic E-state index is 9.65. The first kappa shape index (κ1) is 22.6. The second-order valence-electron chi connectivity index (χ2n) is 7.88. The van der Waals surface area contributed by atoms with E-state index in [-0.39, 0.29) is 24.9 Å². The lowest BCUT2D eigenvalue weighted by Gasteiger charge is -2.57. The van der Waals surface area contributed by atoms with Crippen LogP contribution in [0.3, 0.4) is 0 Å². The van der Waals surface area contributed by atoms with Gasteiger partial charge in [0.05, 0.1) is 6.61 Å². The Morgan fingerprint density at radius 1 is 1.15 bits per heavy atom. The summed E-state index contributed by atoms with van der Waals surface area (Å²) in [5, 5.41) is 16.0. The van der Waals surface area contributed by atoms with Crippen molar-refractivity contribution in [1.29, 1.82) is 0 Å². The lowest BCUT2D eigenvalue weighted by atomic mass is 9.61. The van der Waals surface area contributed by atoms with E-state index in [1.807, 2.05) is 20.8 Å². The summed E-state index contributed by atoms with van der Waals surface area (Å²) in [5.74, 6) is 0.229. The number of aliphatic hydroxyl groups excluding tert-OH is 1. The molecule has 4 aliphatic heterocycles. The van der Waals surface area contributed by atoms with Crippen LogP contribution in [0.4, 0.5) is 0 Å². The summed E-state index contributed by atoms with van der Waals surface area (Å²) in [4.78, 5) is 21.3. The molecule has 0 radical (unpaired) electrons. The molecule has 1 saturated carbocycles. The van der Waals surface area contributed by atoms with Crippen LogP contribution in [-0.2, 0) is 24.0 Å². The van der Waals surface area contributed by atoms with E-state index in [4.69, 9.17) is 29.5 Å². The van der Waals surface area contributed by atoms with Gasteiger partial charge in [-0.05, 0) is 56.8 Å². The predicted molar refractivity (Wildman–Crippen MR) is 98.7 cm³/mol. The van der Waals surface area contributed by atoms with Crippen LogP contribution in [0.1, 0.15) is 72.6 Å². The molecular weight excluding hydrogens is 352 g/mol. The van der Waals surface area contributed by atoms with Crippen molar-refractivity contribution in [3.05, 3.63) is 0 Å². The number of aliphatic carboxylic acids is 1. The largest absolute Gasteiger partial charge is 0.481 e. The molecule has 4 saturated heterocycles. The molecular formula is C20H36O7. The zero-order valence-electron chi connectivity index (χ0n) is 17.1. The van der Waals surface area contributed by atoms with Crippen molar-refractivity contribution >= 4 is 5.97 Å². The molecule has 158 valence electrons. The van der Waals surface area contributed by atoms with Gasteiger partial charge in [0.15, 0.2) is 11.9 Å². The molecule has 2 N–H and O–H groups in total. The number of rotatable bonds is 3. The number of fused-ring (bicyclic) bond motifs is 2. The number of carboxylic acids is 1. The van der Waals surface area contributed by atoms with Crippen molar-refractivity contribution in [3.8, 4) is 0 Å². The van der Waals surface area contributed by atoms with Gasteiger partial charge in [-0.25, -0.2) is 9.78 Å². The third-order valence-corrected chi connectivity index (χ3v) is 6.16. The molecule has 5 aliphatic rings. The fraction of sp³-hybridized carbons (Fsp3) is 0.950. The molecule has 5 fully saturated rings. The summed E-state index contributed by atoms with van der Waals surface area (Å²) in [5.41, 5.74) is -0.341. The maximum Gasteiger partial charge on any atom is 0.303 e. The molecule has 0 amide bonds. The number of ether oxygens (including phenoxy) is 2. The van der Waals surface area contributed by atoms with Crippen LogP contribution in [0.25, 0.3) is 0 Å². The van der Waals surface area contributed by atoms with E-state index in [2.05, 4.69) is 6.92 Å². The summed E-state index contributed by atoms with van der Waals surface area (Å²) in [6.45, 7) is 9.06. The van der Waals surface area contributed by atoms with Crippen molar-refractivity contribution in [3.63, 3.8) is 0 Å². The molecule has 7 heteroatoms. The van der Waals surface area contributed by atoms with Gasteiger partial charge in [0, 0.05) is 19.4 Å². The molecule has 2 bridgehead atoms. The molecule has 7 nitrogen and oxygen atoms in total. The second kappa shape index (κ2) is 9.65. The lowest BCUT2D eigenvalue weighted by Crippen LogP contribution is -2.67. The average molecular weight is 389 g/mol. The molecule has 6 atom stereocenters. The molecule has 0 aromatic heterocycles. The van der Waals surface area contributed by atoms with E-state index >= 15 is 0 Å². The third-order valence-electron chi connectivity index (χ3n) is 6.16. The predicted octanol–water partition coefficient (Wildman–Crippen LogP) is 3.49. The molecule has 5 rings (SSSR count). The number of hydrogen-bond donors (Lipinski definition) is 2. The van der Waals surface area contributed by atoms with E-state index < -0.39 is 11.8 Å². The minimum absolute atomic E-state index is 0.0354. The second-order valence-corrected chi connectivity index (χ2v) is 7.88. The fourth-order valence-corrected chi connectivity index (χ4v) is 4.78. The van der Waals surface area contributed by atoms with Gasteiger partial charge >= 0.3 is 5.97 Å². The summed E-state index contributed by atoms with van der Waals surface area (Å²) in [7, 11) is 0. The van der Waals surface area contributed by atoms with Crippen molar-refractivity contribution in [1.82, 2.24) is 0 Å². The maximum absolute atomic E-state index is 9.65. The SMILES string of the molecule is CC.CC1CCC2CCOC3OC4(C)CCC1C23OO4.O=C(O)CCCO. The normalized spacial score (nSPS) is 41.8. The number of carbonyl (C=O) groups is 1. The Labute approximate surface area is 162 Å². The monoisotopic (exact) mass is 388 g/mol. The Hall–Kier alpha value is -0.730. The Kier molecular flexibility index (Phi) is 8.06. The molecule has 1 aliphatic carbocycles. The average Bonchev–Trinajstić information content (AvgIpc) is 2.90. The highest BCUT2D eigenvalue weighted by Gasteiger charge is 2.66. The van der Waals surface area contributed by atoms with Crippen molar-refractivity contribution in [2.45, 2.75) is 90.3 Å². The van der Waals surface area contributed by atoms with Crippen LogP contribution in [0, 0.1) is 17.8 Å². The van der Waals surface area contributed by atoms with E-state index in [1.54, 1.807) is 0 Å². The first-order valence-electron chi connectivity index (χ1n) is 10.4. The smallest absolute Gasteiger partial charge is 0.303 e. The first-order chi connectivity index (χ1) is 12.9. The summed E-state index contributed by atoms with van der Waals surface area (Å²) in [6.07, 6.45) is 5.79. The zero-order chi connectivity index (χ0) is 20.1. The Bertz CT molecular complexity index is 481. The summed E-state index contributed by atoms with van der Waals surface area (Å²) < 4.78 is 12.0. The number of hydrogen-bond acceptors (Lipinski definition) is 6. The van der Waals surface area contributed by atoms with Gasteiger partial charge in [0.2, 0.25) is 5.79 Å². The van der Waals surface area contributed by atoms with Gasteiger partial charge in [-0.2, -0.15) is 0 Å². The standard InChI is InChI=1S/C14H22O4.C4H8O3.C2H6/c1-9-3-4-10-6-8-15-12-14(10)11(9)5-7-13(2,16-12)17-18-14;5-3-1-2-4(6)7;1-2/h9-12H,3-8H2,1-2H3;5H,1-3H2,(H,6,7);1-2H3. The highest BCUT2D eigenvalue weighted by Crippen LogP contribution is 2.58. The van der Waals surface area contributed by atoms with E-state index in [0.29, 0.717) is 24.2 Å². The lowest BCUT2D eigenvalue weighted by molar-refractivity contribution is -0.564. The fourth-order valence-electron chi connectivity index (χ4n) is 4.78. The number of carboxylic acid groups (broad SMARTS) is 1. The molecule has 0 aromatic rings. The van der Waals surface area contributed by atoms with Gasteiger partial charge < -0.3 is 19.7 Å². The van der Waals surface area contributed by atoms with Crippen LogP contribution in [0.5, 0.6) is 0 Å². The molecule has 1 spiro atoms. The molecule has 27 heavy (non-hydrogen) atoms. The summed E-state index contributed by atoms with van der Waals surface area (Å²) in [6, 6.07) is 0. The van der Waals surface area contributed by atoms with E-state index in [9.17, 15) is 4.79 Å². The van der Waals surface area contributed by atoms with Crippen LogP contribution in [0.15, 0.2) is 0 Å². The zero-order valence-corrected chi connectivity index (χ0v) is 17.1. The van der Waals surface area contributed by atoms with Gasteiger partial charge in [0.1, 0.15) is 0 Å². The first-order valence-corrected chi connectivity index (χ1v) is 10.4. The van der Waals surface area contributed by atoms with E-state index in [1.165, 1.54) is 12.8 Å². The van der Waals surface area contributed by atoms with Crippen LogP contribution < -0.4 is 0 Å². The summed E-state index contributed by atoms with van der Waals surface area (Å²) >= 11 is 0. The highest BCUT2D eigenvalue weighted by atomic mass is 17.3. The number of aliphatic hydroxyl groups is 1. The van der Waals surface area contributed by atoms with Crippen molar-refractivity contribution in [2.24, 2.45) is 17.8 Å². The van der Waals surface area contributed by atoms with Crippen LogP contribution in [0.2, 0.25) is 0 Å². The highest BCUT2D eigenvalue weighted by molar-refractivity contribution is 5.66. The minimum atomic E-state index is -0.853. The van der Waals surface area contributed by atoms with Crippen molar-refractivity contribution < 1.29 is 34.3 Å². The topological polar surface area (TPSA) is 94.5 Å².